The number of hydrogen-bond acceptors (Lipinski definition) is 5. The van der Waals surface area contributed by atoms with Gasteiger partial charge in [0.25, 0.3) is 5.91 Å². The molecular formula is C26H27FN4O3. The van der Waals surface area contributed by atoms with Crippen LogP contribution in [0.2, 0.25) is 0 Å². The molecule has 1 heterocycles. The Kier molecular flexibility index (Phi) is 7.08. The van der Waals surface area contributed by atoms with Gasteiger partial charge in [-0.05, 0) is 66.1 Å². The number of nitrogens with zero attached hydrogens (tertiary/aromatic N) is 1. The summed E-state index contributed by atoms with van der Waals surface area (Å²) in [4.78, 5) is 26.7. The van der Waals surface area contributed by atoms with Crippen molar-refractivity contribution >= 4 is 28.9 Å². The Morgan fingerprint density at radius 2 is 1.76 bits per heavy atom. The predicted molar refractivity (Wildman–Crippen MR) is 131 cm³/mol. The number of rotatable bonds is 7. The molecule has 1 aliphatic heterocycles. The fraction of sp³-hybridized carbons (Fsp3) is 0.231. The molecule has 3 aromatic carbocycles. The molecule has 1 atom stereocenters. The van der Waals surface area contributed by atoms with E-state index in [1.54, 1.807) is 36.4 Å². The van der Waals surface area contributed by atoms with Gasteiger partial charge in [0.15, 0.2) is 0 Å². The second-order valence-corrected chi connectivity index (χ2v) is 8.24. The number of methoxy groups -OCH3 is 1. The lowest BCUT2D eigenvalue weighted by molar-refractivity contribution is -0.125. The second kappa shape index (κ2) is 10.4. The number of halogens is 1. The number of hydrogen-bond donors (Lipinski definition) is 3. The van der Waals surface area contributed by atoms with Gasteiger partial charge in [0.2, 0.25) is 5.91 Å². The summed E-state index contributed by atoms with van der Waals surface area (Å²) in [5.74, 6) is -0.707. The molecule has 1 aliphatic rings. The van der Waals surface area contributed by atoms with Crippen LogP contribution in [-0.2, 0) is 9.53 Å². The molecule has 2 amide bonds. The zero-order valence-corrected chi connectivity index (χ0v) is 18.9. The van der Waals surface area contributed by atoms with Gasteiger partial charge in [0, 0.05) is 37.5 Å². The maximum atomic E-state index is 13.2. The topological polar surface area (TPSA) is 96.7 Å². The van der Waals surface area contributed by atoms with Crippen LogP contribution in [-0.4, -0.2) is 44.7 Å². The Bertz CT molecular complexity index is 1170. The van der Waals surface area contributed by atoms with Gasteiger partial charge in [0.1, 0.15) is 12.4 Å². The van der Waals surface area contributed by atoms with E-state index in [0.717, 1.165) is 29.8 Å². The fourth-order valence-corrected chi connectivity index (χ4v) is 4.02. The van der Waals surface area contributed by atoms with Crippen molar-refractivity contribution in [1.82, 2.24) is 5.32 Å². The van der Waals surface area contributed by atoms with E-state index in [1.165, 1.54) is 19.2 Å². The molecule has 1 unspecified atom stereocenters. The van der Waals surface area contributed by atoms with Crippen molar-refractivity contribution in [3.63, 3.8) is 0 Å². The van der Waals surface area contributed by atoms with Crippen LogP contribution in [0.25, 0.3) is 11.1 Å². The molecule has 0 aliphatic carbocycles. The van der Waals surface area contributed by atoms with Gasteiger partial charge in [-0.25, -0.2) is 4.39 Å². The number of benzene rings is 3. The number of carbonyl (C=O) groups excluding carboxylic acids is 2. The van der Waals surface area contributed by atoms with Crippen LogP contribution in [0.1, 0.15) is 16.8 Å². The summed E-state index contributed by atoms with van der Waals surface area (Å²) in [6.07, 6.45) is 0.849. The number of nitrogen functional groups attached to an aromatic ring is 1. The normalized spacial score (nSPS) is 15.2. The quantitative estimate of drug-likeness (QED) is 0.466. The fourth-order valence-electron chi connectivity index (χ4n) is 4.02. The molecule has 0 saturated carbocycles. The third-order valence-corrected chi connectivity index (χ3v) is 5.80. The summed E-state index contributed by atoms with van der Waals surface area (Å²) in [5, 5.41) is 5.83. The highest BCUT2D eigenvalue weighted by Crippen LogP contribution is 2.28. The molecule has 4 rings (SSSR count). The molecular weight excluding hydrogens is 435 g/mol. The molecule has 1 fully saturated rings. The third kappa shape index (κ3) is 5.52. The second-order valence-electron chi connectivity index (χ2n) is 8.24. The van der Waals surface area contributed by atoms with Crippen molar-refractivity contribution < 1.29 is 18.7 Å². The first-order chi connectivity index (χ1) is 16.4. The van der Waals surface area contributed by atoms with Crippen molar-refractivity contribution in [1.29, 1.82) is 0 Å². The first kappa shape index (κ1) is 23.3. The molecule has 1 saturated heterocycles. The van der Waals surface area contributed by atoms with Gasteiger partial charge in [-0.15, -0.1) is 0 Å². The van der Waals surface area contributed by atoms with Gasteiger partial charge >= 0.3 is 0 Å². The lowest BCUT2D eigenvalue weighted by atomic mass is 10.0. The highest BCUT2D eigenvalue weighted by Gasteiger charge is 2.24. The van der Waals surface area contributed by atoms with Crippen LogP contribution in [0, 0.1) is 5.82 Å². The van der Waals surface area contributed by atoms with Gasteiger partial charge in [0.05, 0.1) is 11.4 Å². The molecule has 0 aromatic heterocycles. The van der Waals surface area contributed by atoms with E-state index in [1.807, 2.05) is 18.2 Å². The number of ether oxygens (including phenoxy) is 1. The largest absolute Gasteiger partial charge is 0.397 e. The van der Waals surface area contributed by atoms with Crippen molar-refractivity contribution in [2.75, 3.05) is 42.8 Å². The van der Waals surface area contributed by atoms with Crippen LogP contribution in [0.3, 0.4) is 0 Å². The number of carbonyl (C=O) groups is 2. The predicted octanol–water partition coefficient (Wildman–Crippen LogP) is 3.67. The van der Waals surface area contributed by atoms with Crippen LogP contribution in [0.5, 0.6) is 0 Å². The molecule has 0 radical (unpaired) electrons. The maximum Gasteiger partial charge on any atom is 0.255 e. The molecule has 4 N–H and O–H groups in total. The first-order valence-corrected chi connectivity index (χ1v) is 11.0. The average molecular weight is 463 g/mol. The summed E-state index contributed by atoms with van der Waals surface area (Å²) < 4.78 is 18.1. The summed E-state index contributed by atoms with van der Waals surface area (Å²) in [6, 6.07) is 18.8. The minimum atomic E-state index is -0.309. The van der Waals surface area contributed by atoms with E-state index < -0.39 is 0 Å². The SMILES string of the molecule is COCC(=O)NC1CCN(c2ccc(C(=O)Nc3cc(-c4ccc(F)cc4)ccc3N)cc2)C1. The minimum Gasteiger partial charge on any atom is -0.397 e. The zero-order chi connectivity index (χ0) is 24.1. The summed E-state index contributed by atoms with van der Waals surface area (Å²) in [5.41, 5.74) is 10.1. The van der Waals surface area contributed by atoms with Gasteiger partial charge in [-0.3, -0.25) is 9.59 Å². The summed E-state index contributed by atoms with van der Waals surface area (Å²) in [6.45, 7) is 1.57. The Balaban J connectivity index is 1.40. The van der Waals surface area contributed by atoms with Crippen molar-refractivity contribution in [2.45, 2.75) is 12.5 Å². The highest BCUT2D eigenvalue weighted by molar-refractivity contribution is 6.06. The monoisotopic (exact) mass is 462 g/mol. The Labute approximate surface area is 197 Å². The van der Waals surface area contributed by atoms with Crippen LogP contribution in [0.4, 0.5) is 21.5 Å². The maximum absolute atomic E-state index is 13.2. The standard InChI is InChI=1S/C26H27FN4O3/c1-34-16-25(32)29-21-12-13-31(15-21)22-9-4-18(5-10-22)26(33)30-24-14-19(6-11-23(24)28)17-2-7-20(27)8-3-17/h2-11,14,21H,12-13,15-16,28H2,1H3,(H,29,32)(H,30,33). The summed E-state index contributed by atoms with van der Waals surface area (Å²) in [7, 11) is 1.49. The van der Waals surface area contributed by atoms with E-state index in [2.05, 4.69) is 15.5 Å². The molecule has 8 heteroatoms. The van der Waals surface area contributed by atoms with Crippen LogP contribution in [0.15, 0.2) is 66.7 Å². The molecule has 3 aromatic rings. The number of nitrogens with one attached hydrogen (secondary N) is 2. The molecule has 0 bridgehead atoms. The van der Waals surface area contributed by atoms with Crippen molar-refractivity contribution in [3.8, 4) is 11.1 Å². The molecule has 0 spiro atoms. The first-order valence-electron chi connectivity index (χ1n) is 11.0. The zero-order valence-electron chi connectivity index (χ0n) is 18.9. The van der Waals surface area contributed by atoms with E-state index >= 15 is 0 Å². The van der Waals surface area contributed by atoms with E-state index in [9.17, 15) is 14.0 Å². The lowest BCUT2D eigenvalue weighted by Crippen LogP contribution is -2.38. The van der Waals surface area contributed by atoms with E-state index in [0.29, 0.717) is 23.5 Å². The van der Waals surface area contributed by atoms with Gasteiger partial charge in [-0.2, -0.15) is 0 Å². The van der Waals surface area contributed by atoms with E-state index in [4.69, 9.17) is 10.5 Å². The third-order valence-electron chi connectivity index (χ3n) is 5.80. The Hall–Kier alpha value is -3.91. The van der Waals surface area contributed by atoms with Gasteiger partial charge < -0.3 is 26.0 Å². The molecule has 176 valence electrons. The average Bonchev–Trinajstić information content (AvgIpc) is 3.29. The number of anilines is 3. The lowest BCUT2D eigenvalue weighted by Gasteiger charge is -2.19. The number of amides is 2. The highest BCUT2D eigenvalue weighted by atomic mass is 19.1. The van der Waals surface area contributed by atoms with Crippen LogP contribution < -0.4 is 21.3 Å². The smallest absolute Gasteiger partial charge is 0.255 e. The van der Waals surface area contributed by atoms with Crippen molar-refractivity contribution in [2.24, 2.45) is 0 Å². The molecule has 34 heavy (non-hydrogen) atoms. The van der Waals surface area contributed by atoms with Gasteiger partial charge in [-0.1, -0.05) is 18.2 Å². The Morgan fingerprint density at radius 1 is 1.06 bits per heavy atom. The molecule has 7 nitrogen and oxygen atoms in total. The Morgan fingerprint density at radius 3 is 2.47 bits per heavy atom. The van der Waals surface area contributed by atoms with Crippen LogP contribution >= 0.6 is 0 Å². The minimum absolute atomic E-state index is 0.0532. The van der Waals surface area contributed by atoms with Crippen molar-refractivity contribution in [3.05, 3.63) is 78.1 Å². The van der Waals surface area contributed by atoms with E-state index in [-0.39, 0.29) is 30.3 Å². The number of nitrogens with two attached hydrogens (primary N) is 1. The summed E-state index contributed by atoms with van der Waals surface area (Å²) >= 11 is 0.